The third kappa shape index (κ3) is 6.63. The summed E-state index contributed by atoms with van der Waals surface area (Å²) in [6.07, 6.45) is -9.58. The van der Waals surface area contributed by atoms with Crippen molar-refractivity contribution in [3.8, 4) is 0 Å². The number of likely N-dealkylation sites (tertiary alicyclic amines) is 1. The number of amides is 4. The summed E-state index contributed by atoms with van der Waals surface area (Å²) in [6.45, 7) is -1.25. The summed E-state index contributed by atoms with van der Waals surface area (Å²) in [4.78, 5) is 63.8. The molecular weight excluding hydrogens is 566 g/mol. The predicted octanol–water partition coefficient (Wildman–Crippen LogP) is 1.98. The van der Waals surface area contributed by atoms with E-state index in [1.807, 2.05) is 5.32 Å². The summed E-state index contributed by atoms with van der Waals surface area (Å²) < 4.78 is 81.6. The molecule has 2 aliphatic heterocycles. The Balaban J connectivity index is 1.52. The van der Waals surface area contributed by atoms with Crippen LogP contribution >= 0.6 is 0 Å². The van der Waals surface area contributed by atoms with E-state index < -0.39 is 83.1 Å². The van der Waals surface area contributed by atoms with Gasteiger partial charge in [-0.25, -0.2) is 0 Å². The van der Waals surface area contributed by atoms with Crippen LogP contribution in [0.3, 0.4) is 0 Å². The second-order valence-corrected chi connectivity index (χ2v) is 10.5. The van der Waals surface area contributed by atoms with Gasteiger partial charge in [-0.15, -0.1) is 13.2 Å². The Kier molecular flexibility index (Phi) is 8.08. The minimum absolute atomic E-state index is 0.0812. The van der Waals surface area contributed by atoms with Crippen LogP contribution < -0.4 is 16.4 Å². The van der Waals surface area contributed by atoms with Crippen molar-refractivity contribution in [1.29, 1.82) is 0 Å². The molecule has 0 bridgehead atoms. The lowest BCUT2D eigenvalue weighted by Gasteiger charge is -2.23. The minimum atomic E-state index is -5.07. The molecule has 4 N–H and O–H groups in total. The lowest BCUT2D eigenvalue weighted by atomic mass is 9.83. The molecule has 3 unspecified atom stereocenters. The van der Waals surface area contributed by atoms with Crippen molar-refractivity contribution in [2.75, 3.05) is 25.0 Å². The maximum Gasteiger partial charge on any atom is 0.522 e. The van der Waals surface area contributed by atoms with Crippen molar-refractivity contribution in [1.82, 2.24) is 10.2 Å². The molecule has 224 valence electrons. The summed E-state index contributed by atoms with van der Waals surface area (Å²) in [5, 5.41) is 4.50. The number of halogens is 6. The zero-order valence-corrected chi connectivity index (χ0v) is 21.3. The van der Waals surface area contributed by atoms with Crippen LogP contribution in [0.15, 0.2) is 24.3 Å². The number of para-hydroxylation sites is 1. The average molecular weight is 592 g/mol. The van der Waals surface area contributed by atoms with Crippen molar-refractivity contribution in [3.05, 3.63) is 29.8 Å². The van der Waals surface area contributed by atoms with Crippen molar-refractivity contribution in [3.63, 3.8) is 0 Å². The fraction of sp³-hybridized carbons (Fsp3) is 0.560. The summed E-state index contributed by atoms with van der Waals surface area (Å²) in [6, 6.07) is 2.60. The lowest BCUT2D eigenvalue weighted by molar-refractivity contribution is -0.321. The number of primary amides is 1. The number of benzene rings is 1. The van der Waals surface area contributed by atoms with Crippen LogP contribution in [0.25, 0.3) is 0 Å². The van der Waals surface area contributed by atoms with E-state index in [2.05, 4.69) is 10.1 Å². The van der Waals surface area contributed by atoms with Gasteiger partial charge < -0.3 is 21.3 Å². The second-order valence-electron chi connectivity index (χ2n) is 10.5. The van der Waals surface area contributed by atoms with Crippen LogP contribution in [-0.2, 0) is 34.9 Å². The first-order valence-electron chi connectivity index (χ1n) is 12.6. The molecule has 41 heavy (non-hydrogen) atoms. The molecule has 3 aliphatic rings. The van der Waals surface area contributed by atoms with Crippen LogP contribution in [0.4, 0.5) is 32.0 Å². The largest absolute Gasteiger partial charge is 0.522 e. The maximum absolute atomic E-state index is 13.3. The van der Waals surface area contributed by atoms with Gasteiger partial charge in [0.1, 0.15) is 12.6 Å². The Morgan fingerprint density at radius 1 is 1.12 bits per heavy atom. The fourth-order valence-electron chi connectivity index (χ4n) is 5.94. The number of hydrogen-bond acceptors (Lipinski definition) is 6. The summed E-state index contributed by atoms with van der Waals surface area (Å²) in [5.41, 5.74) is 2.59. The van der Waals surface area contributed by atoms with E-state index >= 15 is 0 Å². The number of rotatable bonds is 8. The number of Topliss-reactive ketones (excluding diaryl/α,β-unsaturated/α-hetero) is 1. The standard InChI is InChI=1S/C25H26F6N4O6/c26-24(27,28)14-3-1-2-4-16(14)34-21(39)22(40)35-11-23(9-17(35)19(32)37)8-15(23)13(7-12-5-6-33-20(12)38)18(36)10-41-25(29,30)31/h1-4,12-13,15,17H,5-11H2,(H2,32,37)(H,33,38)(H,34,39)/t12-,13+,15?,17?,23?/m1/s1. The zero-order valence-electron chi connectivity index (χ0n) is 21.3. The number of nitrogens with two attached hydrogens (primary N) is 1. The van der Waals surface area contributed by atoms with Gasteiger partial charge in [0.05, 0.1) is 11.3 Å². The summed E-state index contributed by atoms with van der Waals surface area (Å²) in [7, 11) is 0. The van der Waals surface area contributed by atoms with Crippen molar-refractivity contribution < 1.29 is 55.1 Å². The molecule has 1 saturated carbocycles. The smallest absolute Gasteiger partial charge is 0.368 e. The molecule has 16 heteroatoms. The Morgan fingerprint density at radius 2 is 1.80 bits per heavy atom. The van der Waals surface area contributed by atoms with E-state index in [0.29, 0.717) is 19.0 Å². The highest BCUT2D eigenvalue weighted by molar-refractivity contribution is 6.40. The molecule has 1 spiro atoms. The molecule has 4 rings (SSSR count). The number of carbonyl (C=O) groups is 5. The lowest BCUT2D eigenvalue weighted by Crippen LogP contribution is -2.48. The molecule has 4 amide bonds. The molecule has 0 aromatic heterocycles. The number of hydrogen-bond donors (Lipinski definition) is 3. The van der Waals surface area contributed by atoms with Gasteiger partial charge >= 0.3 is 24.4 Å². The van der Waals surface area contributed by atoms with Gasteiger partial charge in [-0.1, -0.05) is 12.1 Å². The van der Waals surface area contributed by atoms with Gasteiger partial charge in [0.25, 0.3) is 0 Å². The van der Waals surface area contributed by atoms with E-state index in [1.54, 1.807) is 0 Å². The Morgan fingerprint density at radius 3 is 2.39 bits per heavy atom. The highest BCUT2D eigenvalue weighted by Crippen LogP contribution is 2.64. The predicted molar refractivity (Wildman–Crippen MR) is 126 cm³/mol. The van der Waals surface area contributed by atoms with Gasteiger partial charge in [-0.3, -0.25) is 28.7 Å². The van der Waals surface area contributed by atoms with Crippen LogP contribution in [0, 0.1) is 23.2 Å². The van der Waals surface area contributed by atoms with E-state index in [4.69, 9.17) is 5.73 Å². The van der Waals surface area contributed by atoms with E-state index in [9.17, 15) is 50.3 Å². The molecule has 1 aromatic rings. The number of carbonyl (C=O) groups excluding carboxylic acids is 5. The molecule has 5 atom stereocenters. The monoisotopic (exact) mass is 592 g/mol. The Hall–Kier alpha value is -3.69. The van der Waals surface area contributed by atoms with Crippen molar-refractivity contribution in [2.24, 2.45) is 28.9 Å². The quantitative estimate of drug-likeness (QED) is 0.311. The van der Waals surface area contributed by atoms with Crippen LogP contribution in [0.2, 0.25) is 0 Å². The van der Waals surface area contributed by atoms with Gasteiger partial charge in [-0.2, -0.15) is 13.2 Å². The summed E-state index contributed by atoms with van der Waals surface area (Å²) in [5.74, 6) is -7.46. The third-order valence-corrected chi connectivity index (χ3v) is 7.96. The molecule has 3 fully saturated rings. The van der Waals surface area contributed by atoms with Crippen molar-refractivity contribution in [2.45, 2.75) is 44.3 Å². The minimum Gasteiger partial charge on any atom is -0.368 e. The second kappa shape index (κ2) is 10.9. The molecule has 0 radical (unpaired) electrons. The number of ketones is 1. The molecule has 1 aromatic carbocycles. The Bertz CT molecular complexity index is 1250. The number of nitrogens with one attached hydrogen (secondary N) is 2. The molecule has 1 aliphatic carbocycles. The highest BCUT2D eigenvalue weighted by Gasteiger charge is 2.65. The number of alkyl halides is 6. The first kappa shape index (κ1) is 30.3. The van der Waals surface area contributed by atoms with Crippen LogP contribution in [0.5, 0.6) is 0 Å². The summed E-state index contributed by atoms with van der Waals surface area (Å²) >= 11 is 0. The van der Waals surface area contributed by atoms with Crippen LogP contribution in [-0.4, -0.2) is 66.4 Å². The van der Waals surface area contributed by atoms with Crippen molar-refractivity contribution >= 4 is 35.1 Å². The van der Waals surface area contributed by atoms with Gasteiger partial charge in [0, 0.05) is 24.9 Å². The number of ether oxygens (including phenoxy) is 1. The SMILES string of the molecule is NC(=O)C1CC2(CC2[C@H](C[C@H]2CCNC2=O)C(=O)COC(F)(F)F)CN1C(=O)C(=O)Nc1ccccc1C(F)(F)F. The molecule has 10 nitrogen and oxygen atoms in total. The highest BCUT2D eigenvalue weighted by atomic mass is 19.4. The average Bonchev–Trinajstić information content (AvgIpc) is 3.18. The van der Waals surface area contributed by atoms with Gasteiger partial charge in [-0.05, 0) is 49.1 Å². The normalized spacial score (nSPS) is 26.5. The molecular formula is C25H26F6N4O6. The third-order valence-electron chi connectivity index (χ3n) is 7.96. The number of nitrogens with zero attached hydrogens (tertiary/aromatic N) is 1. The fourth-order valence-corrected chi connectivity index (χ4v) is 5.94. The maximum atomic E-state index is 13.3. The van der Waals surface area contributed by atoms with Crippen LogP contribution in [0.1, 0.15) is 31.2 Å². The van der Waals surface area contributed by atoms with Gasteiger partial charge in [0.2, 0.25) is 11.8 Å². The zero-order chi connectivity index (χ0) is 30.3. The van der Waals surface area contributed by atoms with E-state index in [0.717, 1.165) is 17.0 Å². The number of anilines is 1. The first-order chi connectivity index (χ1) is 19.0. The molecule has 2 heterocycles. The van der Waals surface area contributed by atoms with E-state index in [-0.39, 0.29) is 31.7 Å². The van der Waals surface area contributed by atoms with Gasteiger partial charge in [0.15, 0.2) is 5.78 Å². The van der Waals surface area contributed by atoms with E-state index in [1.165, 1.54) is 6.07 Å². The Labute approximate surface area is 228 Å². The molecule has 2 saturated heterocycles. The topological polar surface area (TPSA) is 148 Å². The first-order valence-corrected chi connectivity index (χ1v) is 12.6.